The number of pyridine rings is 2. The minimum absolute atomic E-state index is 0.0181. The van der Waals surface area contributed by atoms with Crippen molar-refractivity contribution in [2.45, 2.75) is 39.3 Å². The second kappa shape index (κ2) is 20.5. The standard InChI is InChI=1S/C42H48N4O10P2/c1-7-53-57(49,54-8-2)41(31-20-24-35(51-5)25-21-31)45(37-18-11-13-28-43-37)39(47)33-16-15-17-34(30-33)40(48)46(38-19-12-14-29-44-38)42(58(50,55-9-3)56-10-4)32-22-26-36(52-6)27-23-32/h11-30,41-42H,7-10H2,1-6H3. The van der Waals surface area contributed by atoms with Crippen molar-refractivity contribution in [1.29, 1.82) is 0 Å². The molecule has 0 aliphatic carbocycles. The molecule has 2 unspecified atom stereocenters. The third-order valence-corrected chi connectivity index (χ3v) is 13.5. The predicted molar refractivity (Wildman–Crippen MR) is 222 cm³/mol. The normalized spacial score (nSPS) is 12.7. The van der Waals surface area contributed by atoms with E-state index in [4.69, 9.17) is 27.6 Å². The first-order chi connectivity index (χ1) is 28.1. The van der Waals surface area contributed by atoms with Gasteiger partial charge in [0.2, 0.25) is 0 Å². The summed E-state index contributed by atoms with van der Waals surface area (Å²) in [7, 11) is -5.29. The van der Waals surface area contributed by atoms with E-state index >= 15 is 9.59 Å². The first-order valence-corrected chi connectivity index (χ1v) is 21.9. The van der Waals surface area contributed by atoms with Crippen LogP contribution >= 0.6 is 15.2 Å². The maximum atomic E-state index is 15.1. The molecule has 2 amide bonds. The molecule has 5 rings (SSSR count). The molecular formula is C42H48N4O10P2. The summed E-state index contributed by atoms with van der Waals surface area (Å²) in [5, 5.41) is 0. The highest BCUT2D eigenvalue weighted by Crippen LogP contribution is 2.64. The lowest BCUT2D eigenvalue weighted by molar-refractivity contribution is 0.0974. The molecule has 0 aliphatic rings. The lowest BCUT2D eigenvalue weighted by atomic mass is 10.1. The van der Waals surface area contributed by atoms with Crippen LogP contribution in [0.15, 0.2) is 122 Å². The molecule has 0 N–H and O–H groups in total. The van der Waals surface area contributed by atoms with Gasteiger partial charge in [-0.2, -0.15) is 0 Å². The number of carbonyl (C=O) groups is 2. The van der Waals surface area contributed by atoms with Gasteiger partial charge in [-0.25, -0.2) is 9.97 Å². The molecule has 0 saturated carbocycles. The molecule has 0 fully saturated rings. The monoisotopic (exact) mass is 830 g/mol. The Morgan fingerprint density at radius 3 is 1.19 bits per heavy atom. The number of aromatic nitrogens is 2. The van der Waals surface area contributed by atoms with Crippen LogP contribution in [0.2, 0.25) is 0 Å². The molecule has 3 aromatic carbocycles. The van der Waals surface area contributed by atoms with Crippen LogP contribution in [-0.2, 0) is 27.2 Å². The maximum Gasteiger partial charge on any atom is 0.357 e. The summed E-state index contributed by atoms with van der Waals surface area (Å²) in [4.78, 5) is 41.7. The maximum absolute atomic E-state index is 15.1. The van der Waals surface area contributed by atoms with E-state index in [-0.39, 0.29) is 49.2 Å². The Labute approximate surface area is 339 Å². The van der Waals surface area contributed by atoms with Crippen molar-refractivity contribution in [3.05, 3.63) is 144 Å². The molecule has 0 radical (unpaired) electrons. The molecule has 306 valence electrons. The molecule has 58 heavy (non-hydrogen) atoms. The number of anilines is 2. The van der Waals surface area contributed by atoms with E-state index in [1.807, 2.05) is 0 Å². The van der Waals surface area contributed by atoms with Gasteiger partial charge < -0.3 is 27.6 Å². The molecule has 0 saturated heterocycles. The summed E-state index contributed by atoms with van der Waals surface area (Å²) in [6.07, 6.45) is 3.01. The van der Waals surface area contributed by atoms with Gasteiger partial charge in [-0.15, -0.1) is 0 Å². The van der Waals surface area contributed by atoms with Crippen molar-refractivity contribution >= 4 is 38.6 Å². The molecule has 0 bridgehead atoms. The summed E-state index contributed by atoms with van der Waals surface area (Å²) >= 11 is 0. The molecular weight excluding hydrogens is 782 g/mol. The zero-order chi connectivity index (χ0) is 41.7. The van der Waals surface area contributed by atoms with Gasteiger partial charge in [-0.05, 0) is 106 Å². The zero-order valence-electron chi connectivity index (χ0n) is 33.3. The topological polar surface area (TPSA) is 156 Å². The molecule has 0 aliphatic heterocycles. The fraction of sp³-hybridized carbons (Fsp3) is 0.286. The highest BCUT2D eigenvalue weighted by atomic mass is 31.2. The number of hydrogen-bond donors (Lipinski definition) is 0. The third-order valence-electron chi connectivity index (χ3n) is 8.74. The number of methoxy groups -OCH3 is 2. The number of rotatable bonds is 20. The third kappa shape index (κ3) is 9.90. The summed E-state index contributed by atoms with van der Waals surface area (Å²) in [5.41, 5.74) is 0.913. The SMILES string of the molecule is CCOP(=O)(OCC)C(c1ccc(OC)cc1)N(C(=O)c1cccc(C(=O)N(c2ccccn2)C(c2ccc(OC)cc2)P(=O)(OCC)OCC)c1)c1ccccn1. The van der Waals surface area contributed by atoms with Crippen molar-refractivity contribution < 1.29 is 46.3 Å². The molecule has 0 spiro atoms. The van der Waals surface area contributed by atoms with E-state index in [9.17, 15) is 9.13 Å². The van der Waals surface area contributed by atoms with E-state index in [0.29, 0.717) is 22.6 Å². The molecule has 2 heterocycles. The van der Waals surface area contributed by atoms with Gasteiger partial charge in [0.05, 0.1) is 40.6 Å². The minimum Gasteiger partial charge on any atom is -0.497 e. The molecule has 14 nitrogen and oxygen atoms in total. The average molecular weight is 831 g/mol. The van der Waals surface area contributed by atoms with Gasteiger partial charge in [0.1, 0.15) is 23.1 Å². The van der Waals surface area contributed by atoms with Gasteiger partial charge >= 0.3 is 15.2 Å². The van der Waals surface area contributed by atoms with Crippen LogP contribution in [0.1, 0.15) is 71.1 Å². The lowest BCUT2D eigenvalue weighted by Crippen LogP contribution is -2.38. The summed E-state index contributed by atoms with van der Waals surface area (Å²) in [6, 6.07) is 29.4. The number of hydrogen-bond acceptors (Lipinski definition) is 12. The van der Waals surface area contributed by atoms with Crippen molar-refractivity contribution in [3.63, 3.8) is 0 Å². The Morgan fingerprint density at radius 2 is 0.897 bits per heavy atom. The van der Waals surface area contributed by atoms with Crippen molar-refractivity contribution in [2.75, 3.05) is 50.4 Å². The Balaban J connectivity index is 1.70. The largest absolute Gasteiger partial charge is 0.497 e. The summed E-state index contributed by atoms with van der Waals surface area (Å²) in [5.74, 6) is -2.62. The van der Waals surface area contributed by atoms with Crippen LogP contribution in [0.5, 0.6) is 11.5 Å². The predicted octanol–water partition coefficient (Wildman–Crippen LogP) is 9.72. The van der Waals surface area contributed by atoms with Gasteiger partial charge in [-0.3, -0.25) is 28.5 Å². The van der Waals surface area contributed by atoms with E-state index in [2.05, 4.69) is 9.97 Å². The van der Waals surface area contributed by atoms with Crippen LogP contribution in [-0.4, -0.2) is 62.4 Å². The Hall–Kier alpha value is -5.20. The van der Waals surface area contributed by atoms with Crippen LogP contribution in [0, 0.1) is 0 Å². The molecule has 16 heteroatoms. The molecule has 2 atom stereocenters. The minimum atomic E-state index is -4.17. The van der Waals surface area contributed by atoms with Crippen molar-refractivity contribution in [3.8, 4) is 11.5 Å². The Kier molecular flexibility index (Phi) is 15.5. The van der Waals surface area contributed by atoms with E-state index in [0.717, 1.165) is 0 Å². The highest BCUT2D eigenvalue weighted by Gasteiger charge is 2.47. The number of nitrogens with zero attached hydrogens (tertiary/aromatic N) is 4. The fourth-order valence-corrected chi connectivity index (χ4v) is 10.6. The van der Waals surface area contributed by atoms with Gasteiger partial charge in [0, 0.05) is 23.5 Å². The van der Waals surface area contributed by atoms with Crippen LogP contribution in [0.4, 0.5) is 11.6 Å². The molecule has 5 aromatic rings. The van der Waals surface area contributed by atoms with E-state index in [1.165, 1.54) is 54.6 Å². The quantitative estimate of drug-likeness (QED) is 0.0686. The Morgan fingerprint density at radius 1 is 0.534 bits per heavy atom. The fourth-order valence-electron chi connectivity index (χ4n) is 6.31. The van der Waals surface area contributed by atoms with Crippen LogP contribution in [0.3, 0.4) is 0 Å². The van der Waals surface area contributed by atoms with Crippen molar-refractivity contribution in [1.82, 2.24) is 9.97 Å². The smallest absolute Gasteiger partial charge is 0.357 e. The Bertz CT molecular complexity index is 2020. The number of amides is 2. The number of carbonyl (C=O) groups excluding carboxylic acids is 2. The van der Waals surface area contributed by atoms with E-state index < -0.39 is 38.6 Å². The van der Waals surface area contributed by atoms with E-state index in [1.54, 1.807) is 119 Å². The average Bonchev–Trinajstić information content (AvgIpc) is 3.25. The van der Waals surface area contributed by atoms with Gasteiger partial charge in [0.25, 0.3) is 11.8 Å². The first kappa shape index (κ1) is 43.9. The zero-order valence-corrected chi connectivity index (χ0v) is 35.1. The van der Waals surface area contributed by atoms with Crippen LogP contribution < -0.4 is 19.3 Å². The summed E-state index contributed by atoms with van der Waals surface area (Å²) in [6.45, 7) is 6.80. The second-order valence-electron chi connectivity index (χ2n) is 12.4. The number of ether oxygens (including phenoxy) is 2. The van der Waals surface area contributed by atoms with Gasteiger partial charge in [0.15, 0.2) is 11.6 Å². The van der Waals surface area contributed by atoms with Crippen LogP contribution in [0.25, 0.3) is 0 Å². The molecule has 2 aromatic heterocycles. The highest BCUT2D eigenvalue weighted by molar-refractivity contribution is 7.54. The lowest BCUT2D eigenvalue weighted by Gasteiger charge is -2.36. The first-order valence-electron chi connectivity index (χ1n) is 18.7. The van der Waals surface area contributed by atoms with Gasteiger partial charge in [-0.1, -0.05) is 42.5 Å². The number of benzene rings is 3. The second-order valence-corrected chi connectivity index (χ2v) is 16.5. The van der Waals surface area contributed by atoms with Crippen molar-refractivity contribution in [2.24, 2.45) is 0 Å². The summed E-state index contributed by atoms with van der Waals surface area (Å²) < 4.78 is 64.0.